The Kier molecular flexibility index (Phi) is 4.10. The number of carbonyl (C=O) groups excluding carboxylic acids is 1. The second kappa shape index (κ2) is 6.20. The summed E-state index contributed by atoms with van der Waals surface area (Å²) in [6.07, 6.45) is 0.673. The standard InChI is InChI=1S/C18H19NO4/c1-11-4-3-5-13(8-11)19-18(21)15-7-6-12-9-14(20)17(22-2)10-16(12)23-15/h3-5,8-10,15,20H,6-7H2,1-2H3,(H,19,21). The van der Waals surface area contributed by atoms with Crippen LogP contribution in [0.3, 0.4) is 0 Å². The van der Waals surface area contributed by atoms with E-state index in [1.165, 1.54) is 7.11 Å². The Balaban J connectivity index is 1.74. The number of ether oxygens (including phenoxy) is 2. The molecule has 3 rings (SSSR count). The Morgan fingerprint density at radius 3 is 2.91 bits per heavy atom. The first-order valence-corrected chi connectivity index (χ1v) is 7.51. The Morgan fingerprint density at radius 1 is 1.35 bits per heavy atom. The Morgan fingerprint density at radius 2 is 2.17 bits per heavy atom. The molecule has 1 aliphatic rings. The van der Waals surface area contributed by atoms with Crippen molar-refractivity contribution >= 4 is 11.6 Å². The predicted octanol–water partition coefficient (Wildman–Crippen LogP) is 3.04. The lowest BCUT2D eigenvalue weighted by atomic mass is 10.0. The van der Waals surface area contributed by atoms with Gasteiger partial charge in [0.15, 0.2) is 17.6 Å². The third-order valence-electron chi connectivity index (χ3n) is 3.89. The molecule has 1 amide bonds. The molecule has 1 aliphatic heterocycles. The van der Waals surface area contributed by atoms with Gasteiger partial charge in [0.2, 0.25) is 0 Å². The molecule has 120 valence electrons. The van der Waals surface area contributed by atoms with Crippen LogP contribution in [0.2, 0.25) is 0 Å². The molecule has 23 heavy (non-hydrogen) atoms. The van der Waals surface area contributed by atoms with Gasteiger partial charge in [0.1, 0.15) is 5.75 Å². The highest BCUT2D eigenvalue weighted by molar-refractivity contribution is 5.94. The molecule has 0 aliphatic carbocycles. The maximum Gasteiger partial charge on any atom is 0.265 e. The number of phenols is 1. The van der Waals surface area contributed by atoms with Crippen molar-refractivity contribution in [2.45, 2.75) is 25.9 Å². The zero-order chi connectivity index (χ0) is 16.4. The SMILES string of the molecule is COc1cc2c(cc1O)CCC(C(=O)Nc1cccc(C)c1)O2. The number of nitrogens with one attached hydrogen (secondary N) is 1. The van der Waals surface area contributed by atoms with Crippen molar-refractivity contribution in [2.24, 2.45) is 0 Å². The van der Waals surface area contributed by atoms with Crippen molar-refractivity contribution in [3.05, 3.63) is 47.5 Å². The number of fused-ring (bicyclic) bond motifs is 1. The summed E-state index contributed by atoms with van der Waals surface area (Å²) in [5, 5.41) is 12.7. The zero-order valence-corrected chi connectivity index (χ0v) is 13.1. The second-order valence-corrected chi connectivity index (χ2v) is 5.64. The number of hydrogen-bond acceptors (Lipinski definition) is 4. The minimum absolute atomic E-state index is 0.0810. The molecule has 1 atom stereocenters. The number of hydrogen-bond donors (Lipinski definition) is 2. The largest absolute Gasteiger partial charge is 0.504 e. The van der Waals surface area contributed by atoms with Crippen molar-refractivity contribution < 1.29 is 19.4 Å². The highest BCUT2D eigenvalue weighted by Crippen LogP contribution is 2.37. The number of anilines is 1. The number of aromatic hydroxyl groups is 1. The van der Waals surface area contributed by atoms with Gasteiger partial charge in [-0.1, -0.05) is 12.1 Å². The lowest BCUT2D eigenvalue weighted by Gasteiger charge is -2.26. The quantitative estimate of drug-likeness (QED) is 0.914. The van der Waals surface area contributed by atoms with Crippen LogP contribution >= 0.6 is 0 Å². The molecular weight excluding hydrogens is 294 g/mol. The number of benzene rings is 2. The average Bonchev–Trinajstić information content (AvgIpc) is 2.53. The maximum atomic E-state index is 12.4. The number of amides is 1. The van der Waals surface area contributed by atoms with E-state index in [1.54, 1.807) is 12.1 Å². The molecule has 1 heterocycles. The van der Waals surface area contributed by atoms with E-state index in [9.17, 15) is 9.90 Å². The van der Waals surface area contributed by atoms with Gasteiger partial charge >= 0.3 is 0 Å². The van der Waals surface area contributed by atoms with Crippen LogP contribution in [0.1, 0.15) is 17.5 Å². The maximum absolute atomic E-state index is 12.4. The van der Waals surface area contributed by atoms with Gasteiger partial charge in [0.25, 0.3) is 5.91 Å². The van der Waals surface area contributed by atoms with Gasteiger partial charge in [-0.05, 0) is 49.1 Å². The fraction of sp³-hybridized carbons (Fsp3) is 0.278. The average molecular weight is 313 g/mol. The molecule has 0 bridgehead atoms. The summed E-state index contributed by atoms with van der Waals surface area (Å²) in [7, 11) is 1.48. The van der Waals surface area contributed by atoms with Crippen molar-refractivity contribution in [1.29, 1.82) is 0 Å². The summed E-state index contributed by atoms with van der Waals surface area (Å²) in [5.41, 5.74) is 2.72. The summed E-state index contributed by atoms with van der Waals surface area (Å²) >= 11 is 0. The van der Waals surface area contributed by atoms with Crippen LogP contribution < -0.4 is 14.8 Å². The molecule has 2 aromatic carbocycles. The van der Waals surface area contributed by atoms with Crippen molar-refractivity contribution in [3.63, 3.8) is 0 Å². The summed E-state index contributed by atoms with van der Waals surface area (Å²) in [4.78, 5) is 12.4. The number of carbonyl (C=O) groups is 1. The van der Waals surface area contributed by atoms with Gasteiger partial charge in [-0.15, -0.1) is 0 Å². The number of aryl methyl sites for hydroxylation is 2. The predicted molar refractivity (Wildman–Crippen MR) is 87.2 cm³/mol. The van der Waals surface area contributed by atoms with Crippen LogP contribution in [0.25, 0.3) is 0 Å². The molecule has 5 nitrogen and oxygen atoms in total. The lowest BCUT2D eigenvalue weighted by Crippen LogP contribution is -2.35. The van der Waals surface area contributed by atoms with E-state index in [2.05, 4.69) is 5.32 Å². The second-order valence-electron chi connectivity index (χ2n) is 5.64. The van der Waals surface area contributed by atoms with Crippen LogP contribution in [0.5, 0.6) is 17.2 Å². The molecule has 2 aromatic rings. The smallest absolute Gasteiger partial charge is 0.265 e. The molecule has 0 spiro atoms. The molecule has 5 heteroatoms. The van der Waals surface area contributed by atoms with Crippen LogP contribution in [-0.4, -0.2) is 24.2 Å². The summed E-state index contributed by atoms with van der Waals surface area (Å²) in [6.45, 7) is 1.97. The van der Waals surface area contributed by atoms with E-state index < -0.39 is 6.10 Å². The van der Waals surface area contributed by atoms with Gasteiger partial charge in [0, 0.05) is 11.8 Å². The van der Waals surface area contributed by atoms with Gasteiger partial charge in [-0.25, -0.2) is 0 Å². The van der Waals surface area contributed by atoms with E-state index in [0.29, 0.717) is 24.3 Å². The summed E-state index contributed by atoms with van der Waals surface area (Å²) in [6, 6.07) is 10.9. The van der Waals surface area contributed by atoms with Gasteiger partial charge in [0.05, 0.1) is 7.11 Å². The molecule has 0 saturated heterocycles. The third kappa shape index (κ3) is 3.23. The van der Waals surface area contributed by atoms with Gasteiger partial charge in [-0.2, -0.15) is 0 Å². The van der Waals surface area contributed by atoms with Gasteiger partial charge < -0.3 is 19.9 Å². The van der Waals surface area contributed by atoms with E-state index in [1.807, 2.05) is 31.2 Å². The minimum atomic E-state index is -0.558. The zero-order valence-electron chi connectivity index (χ0n) is 13.1. The molecule has 0 saturated carbocycles. The fourth-order valence-electron chi connectivity index (χ4n) is 2.69. The molecular formula is C18H19NO4. The molecule has 2 N–H and O–H groups in total. The molecule has 0 aromatic heterocycles. The molecule has 0 fully saturated rings. The van der Waals surface area contributed by atoms with Crippen molar-refractivity contribution in [3.8, 4) is 17.2 Å². The first-order valence-electron chi connectivity index (χ1n) is 7.51. The monoisotopic (exact) mass is 313 g/mol. The lowest BCUT2D eigenvalue weighted by molar-refractivity contribution is -0.123. The number of methoxy groups -OCH3 is 1. The van der Waals surface area contributed by atoms with E-state index >= 15 is 0 Å². The van der Waals surface area contributed by atoms with E-state index in [-0.39, 0.29) is 11.7 Å². The summed E-state index contributed by atoms with van der Waals surface area (Å²) < 4.78 is 10.9. The van der Waals surface area contributed by atoms with Crippen LogP contribution in [0.4, 0.5) is 5.69 Å². The molecule has 0 radical (unpaired) electrons. The fourth-order valence-corrected chi connectivity index (χ4v) is 2.69. The molecule has 1 unspecified atom stereocenters. The topological polar surface area (TPSA) is 67.8 Å². The normalized spacial score (nSPS) is 16.2. The first-order chi connectivity index (χ1) is 11.1. The highest BCUT2D eigenvalue weighted by atomic mass is 16.5. The van der Waals surface area contributed by atoms with E-state index in [4.69, 9.17) is 9.47 Å². The van der Waals surface area contributed by atoms with E-state index in [0.717, 1.165) is 16.8 Å². The number of rotatable bonds is 3. The van der Waals surface area contributed by atoms with Crippen LogP contribution in [0, 0.1) is 6.92 Å². The minimum Gasteiger partial charge on any atom is -0.504 e. The first kappa shape index (κ1) is 15.2. The van der Waals surface area contributed by atoms with Crippen molar-refractivity contribution in [2.75, 3.05) is 12.4 Å². The summed E-state index contributed by atoms with van der Waals surface area (Å²) in [5.74, 6) is 0.824. The Labute approximate surface area is 134 Å². The van der Waals surface area contributed by atoms with Gasteiger partial charge in [-0.3, -0.25) is 4.79 Å². The third-order valence-corrected chi connectivity index (χ3v) is 3.89. The number of phenolic OH excluding ortho intramolecular Hbond substituents is 1. The van der Waals surface area contributed by atoms with Crippen LogP contribution in [-0.2, 0) is 11.2 Å². The Bertz CT molecular complexity index is 742. The van der Waals surface area contributed by atoms with Crippen molar-refractivity contribution in [1.82, 2.24) is 0 Å². The Hall–Kier alpha value is -2.69. The highest BCUT2D eigenvalue weighted by Gasteiger charge is 2.27. The van der Waals surface area contributed by atoms with Crippen LogP contribution in [0.15, 0.2) is 36.4 Å².